The second-order valence-corrected chi connectivity index (χ2v) is 5.28. The van der Waals surface area contributed by atoms with Gasteiger partial charge in [-0.1, -0.05) is 26.8 Å². The van der Waals surface area contributed by atoms with Crippen LogP contribution in [0.5, 0.6) is 0 Å². The molecule has 1 fully saturated rings. The zero-order valence-electron chi connectivity index (χ0n) is 10.3. The van der Waals surface area contributed by atoms with Crippen molar-refractivity contribution in [3.63, 3.8) is 0 Å². The van der Waals surface area contributed by atoms with E-state index in [-0.39, 0.29) is 0 Å². The first-order valence-corrected chi connectivity index (χ1v) is 6.22. The summed E-state index contributed by atoms with van der Waals surface area (Å²) in [6.45, 7) is 10.3. The lowest BCUT2D eigenvalue weighted by Gasteiger charge is -2.34. The van der Waals surface area contributed by atoms with Crippen LogP contribution in [0.4, 0.5) is 0 Å². The number of rotatable bonds is 4. The Hall–Kier alpha value is -0.590. The Balaban J connectivity index is 2.65. The van der Waals surface area contributed by atoms with E-state index in [9.17, 15) is 4.79 Å². The van der Waals surface area contributed by atoms with Crippen molar-refractivity contribution in [3.05, 3.63) is 12.7 Å². The molecule has 0 heterocycles. The van der Waals surface area contributed by atoms with E-state index in [1.165, 1.54) is 6.42 Å². The Morgan fingerprint density at radius 2 is 2.13 bits per heavy atom. The van der Waals surface area contributed by atoms with Crippen LogP contribution in [0.1, 0.15) is 46.5 Å². The van der Waals surface area contributed by atoms with Gasteiger partial charge >= 0.3 is 0 Å². The van der Waals surface area contributed by atoms with Crippen molar-refractivity contribution in [2.45, 2.75) is 46.5 Å². The monoisotopic (exact) mass is 208 g/mol. The van der Waals surface area contributed by atoms with E-state index >= 15 is 0 Å². The summed E-state index contributed by atoms with van der Waals surface area (Å²) in [5.41, 5.74) is 0. The Bertz CT molecular complexity index is 229. The predicted octanol–water partition coefficient (Wildman–Crippen LogP) is 3.84. The first kappa shape index (κ1) is 12.5. The molecule has 1 aliphatic carbocycles. The summed E-state index contributed by atoms with van der Waals surface area (Å²) in [5, 5.41) is 0. The summed E-state index contributed by atoms with van der Waals surface area (Å²) in [6, 6.07) is 0. The molecule has 1 heteroatoms. The number of carbonyl (C=O) groups excluding carboxylic acids is 1. The fraction of sp³-hybridized carbons (Fsp3) is 0.786. The second kappa shape index (κ2) is 5.48. The smallest absolute Gasteiger partial charge is 0.139 e. The number of hydrogen-bond donors (Lipinski definition) is 0. The maximum atomic E-state index is 12.2. The van der Waals surface area contributed by atoms with Gasteiger partial charge < -0.3 is 0 Å². The highest BCUT2D eigenvalue weighted by Crippen LogP contribution is 2.36. The van der Waals surface area contributed by atoms with Crippen LogP contribution in [0.3, 0.4) is 0 Å². The van der Waals surface area contributed by atoms with Gasteiger partial charge in [-0.3, -0.25) is 4.79 Å². The third-order valence-electron chi connectivity index (χ3n) is 3.84. The second-order valence-electron chi connectivity index (χ2n) is 5.28. The minimum Gasteiger partial charge on any atom is -0.299 e. The molecular formula is C14H24O. The number of carbonyl (C=O) groups is 1. The Morgan fingerprint density at radius 3 is 2.67 bits per heavy atom. The van der Waals surface area contributed by atoms with Crippen molar-refractivity contribution >= 4 is 5.78 Å². The zero-order valence-corrected chi connectivity index (χ0v) is 10.3. The number of Topliss-reactive ketones (excluding diaryl/α,β-unsaturated/α-hetero) is 1. The van der Waals surface area contributed by atoms with Crippen LogP contribution in [0.15, 0.2) is 12.7 Å². The topological polar surface area (TPSA) is 17.1 Å². The van der Waals surface area contributed by atoms with E-state index in [0.29, 0.717) is 29.5 Å². The summed E-state index contributed by atoms with van der Waals surface area (Å²) in [6.07, 6.45) is 6.23. The van der Waals surface area contributed by atoms with Crippen LogP contribution >= 0.6 is 0 Å². The van der Waals surface area contributed by atoms with Crippen molar-refractivity contribution in [3.8, 4) is 0 Å². The van der Waals surface area contributed by atoms with E-state index in [2.05, 4.69) is 27.4 Å². The van der Waals surface area contributed by atoms with E-state index < -0.39 is 0 Å². The van der Waals surface area contributed by atoms with Crippen molar-refractivity contribution in [2.75, 3.05) is 0 Å². The van der Waals surface area contributed by atoms with Crippen molar-refractivity contribution in [2.24, 2.45) is 23.7 Å². The molecule has 1 rings (SSSR count). The molecule has 0 aromatic carbocycles. The van der Waals surface area contributed by atoms with E-state index in [0.717, 1.165) is 19.3 Å². The maximum absolute atomic E-state index is 12.2. The Kier molecular flexibility index (Phi) is 4.56. The van der Waals surface area contributed by atoms with Crippen LogP contribution < -0.4 is 0 Å². The molecule has 1 aliphatic rings. The highest BCUT2D eigenvalue weighted by molar-refractivity contribution is 5.84. The SMILES string of the molecule is C=CCC[C@@H]1C(=O)[C@H](C(C)C)CC[C@H]1C. The molecule has 15 heavy (non-hydrogen) atoms. The lowest BCUT2D eigenvalue weighted by atomic mass is 9.69. The van der Waals surface area contributed by atoms with E-state index in [4.69, 9.17) is 0 Å². The van der Waals surface area contributed by atoms with Gasteiger partial charge in [0.05, 0.1) is 0 Å². The molecule has 0 amide bonds. The standard InChI is InChI=1S/C14H24O/c1-5-6-7-13-11(4)8-9-12(10(2)3)14(13)15/h5,10-13H,1,6-9H2,2-4H3/t11-,12+,13+/m1/s1. The molecule has 0 aromatic heterocycles. The highest BCUT2D eigenvalue weighted by atomic mass is 16.1. The van der Waals surface area contributed by atoms with Gasteiger partial charge in [0.25, 0.3) is 0 Å². The summed E-state index contributed by atoms with van der Waals surface area (Å²) in [7, 11) is 0. The van der Waals surface area contributed by atoms with Crippen LogP contribution in [0.2, 0.25) is 0 Å². The molecule has 0 spiro atoms. The molecule has 0 aliphatic heterocycles. The van der Waals surface area contributed by atoms with Gasteiger partial charge in [-0.05, 0) is 37.5 Å². The van der Waals surface area contributed by atoms with E-state index in [1.54, 1.807) is 0 Å². The van der Waals surface area contributed by atoms with Crippen LogP contribution in [-0.2, 0) is 4.79 Å². The lowest BCUT2D eigenvalue weighted by Crippen LogP contribution is -2.36. The number of allylic oxidation sites excluding steroid dienone is 1. The van der Waals surface area contributed by atoms with Gasteiger partial charge in [-0.25, -0.2) is 0 Å². The van der Waals surface area contributed by atoms with Gasteiger partial charge in [0.15, 0.2) is 0 Å². The molecule has 3 atom stereocenters. The molecule has 0 saturated heterocycles. The first-order chi connectivity index (χ1) is 7.07. The van der Waals surface area contributed by atoms with Crippen molar-refractivity contribution in [1.82, 2.24) is 0 Å². The summed E-state index contributed by atoms with van der Waals surface area (Å²) in [5.74, 6) is 2.22. The molecule has 0 unspecified atom stereocenters. The quantitative estimate of drug-likeness (QED) is 0.641. The highest BCUT2D eigenvalue weighted by Gasteiger charge is 2.36. The van der Waals surface area contributed by atoms with Crippen LogP contribution in [0, 0.1) is 23.7 Å². The summed E-state index contributed by atoms with van der Waals surface area (Å²) in [4.78, 5) is 12.2. The van der Waals surface area contributed by atoms with Gasteiger partial charge in [-0.15, -0.1) is 6.58 Å². The average Bonchev–Trinajstić information content (AvgIpc) is 2.17. The van der Waals surface area contributed by atoms with Crippen molar-refractivity contribution in [1.29, 1.82) is 0 Å². The third-order valence-corrected chi connectivity index (χ3v) is 3.84. The van der Waals surface area contributed by atoms with Gasteiger partial charge in [0.2, 0.25) is 0 Å². The lowest BCUT2D eigenvalue weighted by molar-refractivity contribution is -0.133. The fourth-order valence-corrected chi connectivity index (χ4v) is 2.73. The predicted molar refractivity (Wildman–Crippen MR) is 64.7 cm³/mol. The molecule has 0 N–H and O–H groups in total. The maximum Gasteiger partial charge on any atom is 0.139 e. The Morgan fingerprint density at radius 1 is 1.47 bits per heavy atom. The number of ketones is 1. The molecule has 86 valence electrons. The molecular weight excluding hydrogens is 184 g/mol. The largest absolute Gasteiger partial charge is 0.299 e. The Labute approximate surface area is 93.9 Å². The third kappa shape index (κ3) is 2.93. The van der Waals surface area contributed by atoms with Crippen LogP contribution in [0.25, 0.3) is 0 Å². The van der Waals surface area contributed by atoms with Crippen LogP contribution in [-0.4, -0.2) is 5.78 Å². The summed E-state index contributed by atoms with van der Waals surface area (Å²) < 4.78 is 0. The first-order valence-electron chi connectivity index (χ1n) is 6.22. The average molecular weight is 208 g/mol. The van der Waals surface area contributed by atoms with Gasteiger partial charge in [0.1, 0.15) is 5.78 Å². The molecule has 0 aromatic rings. The van der Waals surface area contributed by atoms with Crippen molar-refractivity contribution < 1.29 is 4.79 Å². The zero-order chi connectivity index (χ0) is 11.4. The fourth-order valence-electron chi connectivity index (χ4n) is 2.73. The molecule has 1 nitrogen and oxygen atoms in total. The molecule has 1 saturated carbocycles. The number of hydrogen-bond acceptors (Lipinski definition) is 1. The molecule has 0 bridgehead atoms. The van der Waals surface area contributed by atoms with Gasteiger partial charge in [-0.2, -0.15) is 0 Å². The van der Waals surface area contributed by atoms with Gasteiger partial charge in [0, 0.05) is 11.8 Å². The minimum atomic E-state index is 0.296. The normalized spacial score (nSPS) is 32.0. The van der Waals surface area contributed by atoms with E-state index in [1.807, 2.05) is 6.08 Å². The minimum absolute atomic E-state index is 0.296. The summed E-state index contributed by atoms with van der Waals surface area (Å²) >= 11 is 0. The molecule has 0 radical (unpaired) electrons.